The molecule has 2 unspecified atom stereocenters. The molecular weight excluding hydrogens is 376 g/mol. The third-order valence-corrected chi connectivity index (χ3v) is 5.79. The van der Waals surface area contributed by atoms with E-state index >= 15 is 0 Å². The number of hydrogen-bond donors (Lipinski definition) is 3. The predicted octanol–water partition coefficient (Wildman–Crippen LogP) is 1.18. The second-order valence-electron chi connectivity index (χ2n) is 5.31. The third kappa shape index (κ3) is 2.57. The number of carbonyl (C=O) groups excluding carboxylic acids is 2. The molecule has 3 rings (SSSR count). The van der Waals surface area contributed by atoms with Crippen LogP contribution in [0.15, 0.2) is 18.2 Å². The number of nitrogens with zero attached hydrogens (tertiary/aromatic N) is 1. The molecule has 1 fully saturated rings. The van der Waals surface area contributed by atoms with Crippen LogP contribution in [0.25, 0.3) is 0 Å². The lowest BCUT2D eigenvalue weighted by Gasteiger charge is -2.25. The van der Waals surface area contributed by atoms with E-state index < -0.39 is 28.6 Å². The van der Waals surface area contributed by atoms with Crippen molar-refractivity contribution in [3.05, 3.63) is 28.8 Å². The Balaban J connectivity index is 1.96. The summed E-state index contributed by atoms with van der Waals surface area (Å²) in [6, 6.07) is 4.52. The van der Waals surface area contributed by atoms with Crippen molar-refractivity contribution >= 4 is 63.4 Å². The summed E-state index contributed by atoms with van der Waals surface area (Å²) < 4.78 is 0.128. The van der Waals surface area contributed by atoms with Crippen molar-refractivity contribution in [3.8, 4) is 0 Å². The van der Waals surface area contributed by atoms with Crippen LogP contribution in [0.5, 0.6) is 0 Å². The third-order valence-electron chi connectivity index (χ3n) is 3.84. The van der Waals surface area contributed by atoms with Gasteiger partial charge in [-0.05, 0) is 18.2 Å². The number of carboxylic acid groups (broad SMARTS) is 1. The molecule has 1 aromatic carbocycles. The fourth-order valence-corrected chi connectivity index (χ4v) is 4.45. The maximum absolute atomic E-state index is 12.6. The molecule has 0 aliphatic carbocycles. The quantitative estimate of drug-likeness (QED) is 0.667. The van der Waals surface area contributed by atoms with Crippen molar-refractivity contribution in [2.45, 2.75) is 17.3 Å². The standard InChI is InChI=1S/C14H11ClN2O5S2/c15-6-1-2-8-7(5-6)14(22,12(21)16-8)10-11(20)17(13(23)24-10)4-3-9(18)19/h1-2,5,10,22H,3-4H2,(H,16,21)(H,18,19). The van der Waals surface area contributed by atoms with Crippen molar-refractivity contribution in [2.75, 3.05) is 11.9 Å². The zero-order valence-electron chi connectivity index (χ0n) is 12.0. The number of hydrogen-bond acceptors (Lipinski definition) is 6. The Morgan fingerprint density at radius 2 is 2.17 bits per heavy atom. The normalized spacial score (nSPS) is 25.8. The number of nitrogens with one attached hydrogen (secondary N) is 1. The van der Waals surface area contributed by atoms with Gasteiger partial charge in [0.05, 0.1) is 6.42 Å². The largest absolute Gasteiger partial charge is 0.481 e. The Hall–Kier alpha value is -1.68. The number of fused-ring (bicyclic) bond motifs is 1. The van der Waals surface area contributed by atoms with Gasteiger partial charge in [-0.1, -0.05) is 35.6 Å². The van der Waals surface area contributed by atoms with E-state index in [1.165, 1.54) is 12.1 Å². The Morgan fingerprint density at radius 3 is 2.83 bits per heavy atom. The van der Waals surface area contributed by atoms with Gasteiger partial charge in [0.25, 0.3) is 5.91 Å². The van der Waals surface area contributed by atoms with E-state index in [1.807, 2.05) is 0 Å². The zero-order chi connectivity index (χ0) is 17.6. The predicted molar refractivity (Wildman–Crippen MR) is 91.9 cm³/mol. The number of rotatable bonds is 4. The van der Waals surface area contributed by atoms with E-state index in [0.29, 0.717) is 10.7 Å². The lowest BCUT2D eigenvalue weighted by Crippen LogP contribution is -2.48. The second-order valence-corrected chi connectivity index (χ2v) is 7.48. The van der Waals surface area contributed by atoms with Gasteiger partial charge in [-0.15, -0.1) is 0 Å². The van der Waals surface area contributed by atoms with Crippen LogP contribution < -0.4 is 5.32 Å². The first-order valence-corrected chi connectivity index (χ1v) is 8.49. The lowest BCUT2D eigenvalue weighted by molar-refractivity contribution is -0.142. The number of aliphatic hydroxyl groups is 1. The van der Waals surface area contributed by atoms with Gasteiger partial charge in [0.1, 0.15) is 9.57 Å². The molecule has 0 spiro atoms. The highest BCUT2D eigenvalue weighted by atomic mass is 35.5. The van der Waals surface area contributed by atoms with Gasteiger partial charge in [0.15, 0.2) is 5.60 Å². The van der Waals surface area contributed by atoms with Gasteiger partial charge >= 0.3 is 5.97 Å². The van der Waals surface area contributed by atoms with E-state index in [4.69, 9.17) is 28.9 Å². The van der Waals surface area contributed by atoms with Gasteiger partial charge in [-0.2, -0.15) is 0 Å². The van der Waals surface area contributed by atoms with Crippen LogP contribution >= 0.6 is 35.6 Å². The molecule has 0 saturated carbocycles. The van der Waals surface area contributed by atoms with Crippen LogP contribution in [0, 0.1) is 0 Å². The molecular formula is C14H11ClN2O5S2. The first-order valence-electron chi connectivity index (χ1n) is 6.82. The number of aliphatic carboxylic acids is 1. The molecule has 2 amide bonds. The fraction of sp³-hybridized carbons (Fsp3) is 0.286. The molecule has 126 valence electrons. The van der Waals surface area contributed by atoms with Crippen molar-refractivity contribution in [1.82, 2.24) is 4.90 Å². The van der Waals surface area contributed by atoms with Gasteiger partial charge in [-0.25, -0.2) is 0 Å². The number of carbonyl (C=O) groups is 3. The number of halogens is 1. The summed E-state index contributed by atoms with van der Waals surface area (Å²) in [5, 5.41) is 21.4. The van der Waals surface area contributed by atoms with E-state index in [2.05, 4.69) is 5.32 Å². The minimum absolute atomic E-state index is 0.114. The summed E-state index contributed by atoms with van der Waals surface area (Å²) in [5.41, 5.74) is -1.55. The van der Waals surface area contributed by atoms with E-state index in [0.717, 1.165) is 16.7 Å². The smallest absolute Gasteiger partial charge is 0.305 e. The summed E-state index contributed by atoms with van der Waals surface area (Å²) in [4.78, 5) is 36.8. The van der Waals surface area contributed by atoms with Crippen LogP contribution in [-0.2, 0) is 20.0 Å². The van der Waals surface area contributed by atoms with E-state index in [9.17, 15) is 19.5 Å². The Bertz CT molecular complexity index is 786. The van der Waals surface area contributed by atoms with Crippen molar-refractivity contribution in [3.63, 3.8) is 0 Å². The molecule has 7 nitrogen and oxygen atoms in total. The average Bonchev–Trinajstić information content (AvgIpc) is 2.93. The highest BCUT2D eigenvalue weighted by molar-refractivity contribution is 8.24. The Labute approximate surface area is 151 Å². The summed E-state index contributed by atoms with van der Waals surface area (Å²) in [6.45, 7) is -0.114. The second kappa shape index (κ2) is 5.99. The van der Waals surface area contributed by atoms with Crippen LogP contribution in [0.3, 0.4) is 0 Å². The summed E-state index contributed by atoms with van der Waals surface area (Å²) in [7, 11) is 0. The summed E-state index contributed by atoms with van der Waals surface area (Å²) >= 11 is 11.9. The van der Waals surface area contributed by atoms with Gasteiger partial charge in [0, 0.05) is 22.8 Å². The summed E-state index contributed by atoms with van der Waals surface area (Å²) in [5.74, 6) is -2.42. The SMILES string of the molecule is O=C(O)CCN1C(=O)C(C2(O)C(=O)Nc3ccc(Cl)cc32)SC1=S. The first-order chi connectivity index (χ1) is 11.2. The van der Waals surface area contributed by atoms with Crippen LogP contribution in [-0.4, -0.2) is 49.0 Å². The highest BCUT2D eigenvalue weighted by Gasteiger charge is 2.58. The summed E-state index contributed by atoms with van der Waals surface area (Å²) in [6.07, 6.45) is -0.286. The molecule has 1 aromatic rings. The van der Waals surface area contributed by atoms with E-state index in [-0.39, 0.29) is 22.8 Å². The maximum Gasteiger partial charge on any atom is 0.305 e. The number of thioether (sulfide) groups is 1. The molecule has 24 heavy (non-hydrogen) atoms. The lowest BCUT2D eigenvalue weighted by atomic mass is 9.90. The fourth-order valence-electron chi connectivity index (χ4n) is 2.66. The molecule has 2 aliphatic rings. The van der Waals surface area contributed by atoms with Crippen molar-refractivity contribution < 1.29 is 24.6 Å². The minimum Gasteiger partial charge on any atom is -0.481 e. The molecule has 0 radical (unpaired) electrons. The van der Waals surface area contributed by atoms with Crippen molar-refractivity contribution in [1.29, 1.82) is 0 Å². The number of thiocarbonyl (C=S) groups is 1. The molecule has 0 aromatic heterocycles. The number of benzene rings is 1. The maximum atomic E-state index is 12.6. The highest BCUT2D eigenvalue weighted by Crippen LogP contribution is 2.47. The van der Waals surface area contributed by atoms with Crippen molar-refractivity contribution in [2.24, 2.45) is 0 Å². The number of carboxylic acids is 1. The molecule has 10 heteroatoms. The minimum atomic E-state index is -2.12. The number of amides is 2. The molecule has 2 atom stereocenters. The van der Waals surface area contributed by atoms with Crippen LogP contribution in [0.2, 0.25) is 5.02 Å². The topological polar surface area (TPSA) is 107 Å². The molecule has 1 saturated heterocycles. The Morgan fingerprint density at radius 1 is 1.46 bits per heavy atom. The molecule has 2 aliphatic heterocycles. The Kier molecular flexibility index (Phi) is 4.28. The molecule has 0 bridgehead atoms. The van der Waals surface area contributed by atoms with E-state index in [1.54, 1.807) is 6.07 Å². The van der Waals surface area contributed by atoms with Gasteiger partial charge in [-0.3, -0.25) is 19.3 Å². The zero-order valence-corrected chi connectivity index (χ0v) is 14.4. The van der Waals surface area contributed by atoms with Gasteiger partial charge < -0.3 is 15.5 Å². The van der Waals surface area contributed by atoms with Gasteiger partial charge in [0.2, 0.25) is 5.91 Å². The van der Waals surface area contributed by atoms with Crippen LogP contribution in [0.1, 0.15) is 12.0 Å². The number of anilines is 1. The monoisotopic (exact) mass is 386 g/mol. The van der Waals surface area contributed by atoms with Crippen LogP contribution in [0.4, 0.5) is 5.69 Å². The molecule has 2 heterocycles. The first kappa shape index (κ1) is 17.2. The average molecular weight is 387 g/mol. The molecule has 3 N–H and O–H groups in total.